The normalized spacial score (nSPS) is 25.5. The monoisotopic (exact) mass is 324 g/mol. The topological polar surface area (TPSA) is 41.6 Å². The molecule has 126 valence electrons. The molecule has 1 aliphatic carbocycles. The van der Waals surface area contributed by atoms with Gasteiger partial charge in [-0.15, -0.1) is 0 Å². The molecule has 1 saturated heterocycles. The van der Waals surface area contributed by atoms with Gasteiger partial charge >= 0.3 is 6.61 Å². The molecule has 1 saturated carbocycles. The number of amides is 1. The highest BCUT2D eigenvalue weighted by molar-refractivity contribution is 5.82. The maximum atomic E-state index is 12.5. The predicted molar refractivity (Wildman–Crippen MR) is 83.7 cm³/mol. The quantitative estimate of drug-likeness (QED) is 0.905. The van der Waals surface area contributed by atoms with E-state index in [0.717, 1.165) is 12.8 Å². The highest BCUT2D eigenvalue weighted by Crippen LogP contribution is 2.51. The van der Waals surface area contributed by atoms with Crippen molar-refractivity contribution in [2.45, 2.75) is 39.3 Å². The lowest BCUT2D eigenvalue weighted by Gasteiger charge is -2.22. The van der Waals surface area contributed by atoms with Crippen LogP contribution in [0.4, 0.5) is 14.5 Å². The number of para-hydroxylation sites is 2. The van der Waals surface area contributed by atoms with Crippen LogP contribution in [0, 0.1) is 11.3 Å². The summed E-state index contributed by atoms with van der Waals surface area (Å²) in [7, 11) is 0. The summed E-state index contributed by atoms with van der Waals surface area (Å²) in [5.74, 6) is 0.391. The molecule has 3 rings (SSSR count). The minimum Gasteiger partial charge on any atom is -0.433 e. The molecule has 2 fully saturated rings. The minimum atomic E-state index is -2.84. The Bertz CT molecular complexity index is 592. The molecule has 0 unspecified atom stereocenters. The van der Waals surface area contributed by atoms with Crippen LogP contribution in [0.5, 0.6) is 5.75 Å². The number of carbonyl (C=O) groups excluding carboxylic acids is 1. The molecule has 0 radical (unpaired) electrons. The van der Waals surface area contributed by atoms with Gasteiger partial charge in [-0.3, -0.25) is 4.79 Å². The number of anilines is 1. The zero-order valence-electron chi connectivity index (χ0n) is 13.4. The summed E-state index contributed by atoms with van der Waals surface area (Å²) in [6.45, 7) is 2.67. The van der Waals surface area contributed by atoms with Gasteiger partial charge in [0.05, 0.1) is 5.69 Å². The standard InChI is InChI=1S/C17H22F2N2O2/c1-17(2)9-12(17)15(22)20-11-7-8-21(10-11)13-5-3-4-6-14(13)23-16(18)19/h3-6,11-12,16H,7-10H2,1-2H3,(H,20,22)/t11-,12+/m0/s1. The van der Waals surface area contributed by atoms with Crippen LogP contribution in [0.1, 0.15) is 26.7 Å². The molecule has 0 spiro atoms. The van der Waals surface area contributed by atoms with E-state index < -0.39 is 6.61 Å². The largest absolute Gasteiger partial charge is 0.433 e. The number of nitrogens with zero attached hydrogens (tertiary/aromatic N) is 1. The average Bonchev–Trinajstić information content (AvgIpc) is 2.91. The number of halogens is 2. The Morgan fingerprint density at radius 3 is 2.74 bits per heavy atom. The number of carbonyl (C=O) groups is 1. The molecule has 1 aromatic rings. The van der Waals surface area contributed by atoms with Gasteiger partial charge in [0.15, 0.2) is 0 Å². The molecule has 2 aliphatic rings. The summed E-state index contributed by atoms with van der Waals surface area (Å²) in [5.41, 5.74) is 0.761. The first-order valence-corrected chi connectivity index (χ1v) is 7.96. The second kappa shape index (κ2) is 5.98. The Hall–Kier alpha value is -1.85. The van der Waals surface area contributed by atoms with Gasteiger partial charge in [0.25, 0.3) is 0 Å². The number of ether oxygens (including phenoxy) is 1. The van der Waals surface area contributed by atoms with E-state index in [-0.39, 0.29) is 29.0 Å². The van der Waals surface area contributed by atoms with Gasteiger partial charge in [0, 0.05) is 25.0 Å². The summed E-state index contributed by atoms with van der Waals surface area (Å²) >= 11 is 0. The molecule has 6 heteroatoms. The first-order chi connectivity index (χ1) is 10.9. The molecular formula is C17H22F2N2O2. The van der Waals surface area contributed by atoms with Crippen LogP contribution in [0.15, 0.2) is 24.3 Å². The van der Waals surface area contributed by atoms with Crippen LogP contribution in [0.25, 0.3) is 0 Å². The van der Waals surface area contributed by atoms with E-state index in [1.807, 2.05) is 4.90 Å². The Morgan fingerprint density at radius 2 is 2.09 bits per heavy atom. The summed E-state index contributed by atoms with van der Waals surface area (Å²) in [4.78, 5) is 14.2. The van der Waals surface area contributed by atoms with Crippen LogP contribution in [0.2, 0.25) is 0 Å². The average molecular weight is 324 g/mol. The van der Waals surface area contributed by atoms with Crippen LogP contribution >= 0.6 is 0 Å². The molecule has 1 amide bonds. The SMILES string of the molecule is CC1(C)C[C@@H]1C(=O)N[C@H]1CCN(c2ccccc2OC(F)F)C1. The fraction of sp³-hybridized carbons (Fsp3) is 0.588. The third-order valence-corrected chi connectivity index (χ3v) is 4.79. The smallest absolute Gasteiger partial charge is 0.387 e. The first kappa shape index (κ1) is 16.0. The van der Waals surface area contributed by atoms with Gasteiger partial charge in [-0.05, 0) is 30.4 Å². The molecular weight excluding hydrogens is 302 g/mol. The zero-order valence-corrected chi connectivity index (χ0v) is 13.4. The lowest BCUT2D eigenvalue weighted by atomic mass is 10.1. The Labute approximate surface area is 134 Å². The van der Waals surface area contributed by atoms with Gasteiger partial charge in [-0.2, -0.15) is 8.78 Å². The summed E-state index contributed by atoms with van der Waals surface area (Å²) in [6.07, 6.45) is 1.74. The Kier molecular flexibility index (Phi) is 4.17. The summed E-state index contributed by atoms with van der Waals surface area (Å²) in [6, 6.07) is 6.84. The lowest BCUT2D eigenvalue weighted by Crippen LogP contribution is -2.38. The van der Waals surface area contributed by atoms with E-state index in [2.05, 4.69) is 23.9 Å². The van der Waals surface area contributed by atoms with Crippen molar-refractivity contribution in [1.82, 2.24) is 5.32 Å². The number of nitrogens with one attached hydrogen (secondary N) is 1. The highest BCUT2D eigenvalue weighted by Gasteiger charge is 2.51. The fourth-order valence-corrected chi connectivity index (χ4v) is 3.23. The number of benzene rings is 1. The zero-order chi connectivity index (χ0) is 16.6. The molecule has 1 N–H and O–H groups in total. The predicted octanol–water partition coefficient (Wildman–Crippen LogP) is 3.03. The van der Waals surface area contributed by atoms with E-state index in [1.165, 1.54) is 0 Å². The van der Waals surface area contributed by atoms with E-state index in [9.17, 15) is 13.6 Å². The number of hydrogen-bond acceptors (Lipinski definition) is 3. The molecule has 0 aromatic heterocycles. The van der Waals surface area contributed by atoms with Crippen molar-refractivity contribution in [2.75, 3.05) is 18.0 Å². The summed E-state index contributed by atoms with van der Waals surface area (Å²) < 4.78 is 29.6. The fourth-order valence-electron chi connectivity index (χ4n) is 3.23. The Balaban J connectivity index is 1.61. The van der Waals surface area contributed by atoms with Crippen molar-refractivity contribution in [1.29, 1.82) is 0 Å². The molecule has 1 heterocycles. The molecule has 1 aliphatic heterocycles. The van der Waals surface area contributed by atoms with E-state index >= 15 is 0 Å². The van der Waals surface area contributed by atoms with Gasteiger partial charge in [0.2, 0.25) is 5.91 Å². The Morgan fingerprint density at radius 1 is 1.39 bits per heavy atom. The molecule has 23 heavy (non-hydrogen) atoms. The molecule has 1 aromatic carbocycles. The lowest BCUT2D eigenvalue weighted by molar-refractivity contribution is -0.123. The second-order valence-corrected chi connectivity index (χ2v) is 7.03. The van der Waals surface area contributed by atoms with Crippen LogP contribution in [-0.4, -0.2) is 31.7 Å². The van der Waals surface area contributed by atoms with Crippen molar-refractivity contribution in [3.05, 3.63) is 24.3 Å². The number of hydrogen-bond donors (Lipinski definition) is 1. The third-order valence-electron chi connectivity index (χ3n) is 4.79. The van der Waals surface area contributed by atoms with Gasteiger partial charge in [-0.25, -0.2) is 0 Å². The first-order valence-electron chi connectivity index (χ1n) is 7.96. The van der Waals surface area contributed by atoms with Crippen LogP contribution in [0.3, 0.4) is 0 Å². The van der Waals surface area contributed by atoms with Crippen LogP contribution < -0.4 is 15.0 Å². The second-order valence-electron chi connectivity index (χ2n) is 7.03. The van der Waals surface area contributed by atoms with Crippen molar-refractivity contribution in [3.8, 4) is 5.75 Å². The van der Waals surface area contributed by atoms with Crippen molar-refractivity contribution in [3.63, 3.8) is 0 Å². The molecule has 4 nitrogen and oxygen atoms in total. The third kappa shape index (κ3) is 3.57. The van der Waals surface area contributed by atoms with Gasteiger partial charge < -0.3 is 15.0 Å². The maximum absolute atomic E-state index is 12.5. The highest BCUT2D eigenvalue weighted by atomic mass is 19.3. The maximum Gasteiger partial charge on any atom is 0.387 e. The van der Waals surface area contributed by atoms with Crippen LogP contribution in [-0.2, 0) is 4.79 Å². The van der Waals surface area contributed by atoms with E-state index in [4.69, 9.17) is 0 Å². The van der Waals surface area contributed by atoms with E-state index in [0.29, 0.717) is 18.8 Å². The van der Waals surface area contributed by atoms with Crippen molar-refractivity contribution >= 4 is 11.6 Å². The van der Waals surface area contributed by atoms with Gasteiger partial charge in [0.1, 0.15) is 5.75 Å². The molecule has 0 bridgehead atoms. The van der Waals surface area contributed by atoms with Gasteiger partial charge in [-0.1, -0.05) is 26.0 Å². The van der Waals surface area contributed by atoms with Crippen molar-refractivity contribution in [2.24, 2.45) is 11.3 Å². The van der Waals surface area contributed by atoms with E-state index in [1.54, 1.807) is 24.3 Å². The number of alkyl halides is 2. The van der Waals surface area contributed by atoms with Crippen molar-refractivity contribution < 1.29 is 18.3 Å². The number of rotatable bonds is 5. The summed E-state index contributed by atoms with van der Waals surface area (Å²) in [5, 5.41) is 3.09. The molecule has 2 atom stereocenters. The minimum absolute atomic E-state index is 0.0542.